The summed E-state index contributed by atoms with van der Waals surface area (Å²) in [5, 5.41) is 5.05. The quantitative estimate of drug-likeness (QED) is 0.724. The van der Waals surface area contributed by atoms with E-state index in [0.717, 1.165) is 0 Å². The predicted octanol–water partition coefficient (Wildman–Crippen LogP) is 0.0991. The van der Waals surface area contributed by atoms with Crippen LogP contribution < -0.4 is 16.2 Å². The van der Waals surface area contributed by atoms with Crippen LogP contribution in [-0.2, 0) is 16.1 Å². The zero-order valence-electron chi connectivity index (χ0n) is 11.6. The van der Waals surface area contributed by atoms with Gasteiger partial charge in [0.1, 0.15) is 6.04 Å². The highest BCUT2D eigenvalue weighted by atomic mass is 16.5. The lowest BCUT2D eigenvalue weighted by atomic mass is 10.3. The number of alkyl carbamates (subject to hydrolysis) is 1. The third-order valence-electron chi connectivity index (χ3n) is 2.69. The van der Waals surface area contributed by atoms with Crippen LogP contribution in [0.15, 0.2) is 29.2 Å². The van der Waals surface area contributed by atoms with E-state index in [1.807, 2.05) is 0 Å². The minimum absolute atomic E-state index is 0.0699. The lowest BCUT2D eigenvalue weighted by Gasteiger charge is -2.13. The molecule has 7 nitrogen and oxygen atoms in total. The first-order valence-corrected chi connectivity index (χ1v) is 6.32. The highest BCUT2D eigenvalue weighted by Gasteiger charge is 2.14. The molecule has 1 aromatic rings. The van der Waals surface area contributed by atoms with Gasteiger partial charge in [-0.15, -0.1) is 0 Å². The Balaban J connectivity index is 2.27. The van der Waals surface area contributed by atoms with Crippen molar-refractivity contribution in [2.75, 3.05) is 13.7 Å². The number of rotatable bonds is 6. The van der Waals surface area contributed by atoms with E-state index in [9.17, 15) is 14.4 Å². The fraction of sp³-hybridized carbons (Fsp3) is 0.462. The molecule has 0 saturated heterocycles. The molecule has 0 fully saturated rings. The summed E-state index contributed by atoms with van der Waals surface area (Å²) in [5.74, 6) is -0.296. The topological polar surface area (TPSA) is 89.4 Å². The van der Waals surface area contributed by atoms with Crippen LogP contribution in [0.5, 0.6) is 0 Å². The van der Waals surface area contributed by atoms with Gasteiger partial charge in [-0.1, -0.05) is 6.07 Å². The van der Waals surface area contributed by atoms with Gasteiger partial charge >= 0.3 is 6.09 Å². The van der Waals surface area contributed by atoms with Gasteiger partial charge in [-0.3, -0.25) is 9.59 Å². The second-order valence-corrected chi connectivity index (χ2v) is 4.23. The Bertz CT molecular complexity index is 512. The van der Waals surface area contributed by atoms with E-state index in [-0.39, 0.29) is 11.5 Å². The van der Waals surface area contributed by atoms with Gasteiger partial charge in [0.05, 0.1) is 7.11 Å². The van der Waals surface area contributed by atoms with Crippen LogP contribution in [0.1, 0.15) is 13.3 Å². The molecule has 0 unspecified atom stereocenters. The fourth-order valence-electron chi connectivity index (χ4n) is 1.56. The number of amides is 2. The third kappa shape index (κ3) is 5.13. The van der Waals surface area contributed by atoms with Gasteiger partial charge in [-0.05, 0) is 19.4 Å². The van der Waals surface area contributed by atoms with E-state index >= 15 is 0 Å². The van der Waals surface area contributed by atoms with E-state index in [1.54, 1.807) is 29.8 Å². The Labute approximate surface area is 116 Å². The first-order chi connectivity index (χ1) is 9.54. The molecule has 1 aromatic heterocycles. The van der Waals surface area contributed by atoms with E-state index in [4.69, 9.17) is 0 Å². The monoisotopic (exact) mass is 281 g/mol. The molecule has 110 valence electrons. The number of nitrogens with zero attached hydrogens (tertiary/aromatic N) is 1. The number of methoxy groups -OCH3 is 1. The first-order valence-electron chi connectivity index (χ1n) is 6.32. The van der Waals surface area contributed by atoms with Gasteiger partial charge in [-0.25, -0.2) is 4.79 Å². The van der Waals surface area contributed by atoms with Crippen molar-refractivity contribution in [3.8, 4) is 0 Å². The maximum Gasteiger partial charge on any atom is 0.407 e. The molecule has 2 amide bonds. The van der Waals surface area contributed by atoms with Crippen LogP contribution in [0, 0.1) is 0 Å². The number of aryl methyl sites for hydroxylation is 1. The van der Waals surface area contributed by atoms with Crippen LogP contribution in [-0.4, -0.2) is 36.3 Å². The number of pyridine rings is 1. The van der Waals surface area contributed by atoms with Gasteiger partial charge in [0.15, 0.2) is 0 Å². The summed E-state index contributed by atoms with van der Waals surface area (Å²) in [5.41, 5.74) is -0.0699. The zero-order chi connectivity index (χ0) is 15.0. The van der Waals surface area contributed by atoms with Crippen molar-refractivity contribution in [1.82, 2.24) is 15.2 Å². The zero-order valence-corrected chi connectivity index (χ0v) is 11.6. The number of carbonyl (C=O) groups excluding carboxylic acids is 2. The molecule has 0 aliphatic carbocycles. The van der Waals surface area contributed by atoms with Gasteiger partial charge in [0.25, 0.3) is 0 Å². The van der Waals surface area contributed by atoms with Crippen molar-refractivity contribution < 1.29 is 14.3 Å². The third-order valence-corrected chi connectivity index (χ3v) is 2.69. The van der Waals surface area contributed by atoms with Crippen molar-refractivity contribution in [3.63, 3.8) is 0 Å². The average molecular weight is 281 g/mol. The van der Waals surface area contributed by atoms with Crippen molar-refractivity contribution in [2.45, 2.75) is 25.9 Å². The number of aromatic nitrogens is 1. The molecule has 7 heteroatoms. The maximum atomic E-state index is 11.6. The highest BCUT2D eigenvalue weighted by molar-refractivity contribution is 5.85. The summed E-state index contributed by atoms with van der Waals surface area (Å²) in [7, 11) is 1.23. The Morgan fingerprint density at radius 3 is 2.80 bits per heavy atom. The molecule has 0 radical (unpaired) electrons. The number of carbonyl (C=O) groups is 2. The van der Waals surface area contributed by atoms with E-state index in [2.05, 4.69) is 15.4 Å². The molecule has 0 aliphatic heterocycles. The van der Waals surface area contributed by atoms with Gasteiger partial charge in [0, 0.05) is 25.4 Å². The van der Waals surface area contributed by atoms with E-state index in [1.165, 1.54) is 13.2 Å². The van der Waals surface area contributed by atoms with Crippen molar-refractivity contribution >= 4 is 12.0 Å². The molecule has 0 aliphatic rings. The van der Waals surface area contributed by atoms with Crippen LogP contribution >= 0.6 is 0 Å². The summed E-state index contributed by atoms with van der Waals surface area (Å²) in [6, 6.07) is 4.28. The molecule has 0 spiro atoms. The SMILES string of the molecule is COC(=O)N[C@@H](C)C(=O)NCCCn1ccccc1=O. The van der Waals surface area contributed by atoms with Crippen LogP contribution in [0.25, 0.3) is 0 Å². The molecule has 1 heterocycles. The fourth-order valence-corrected chi connectivity index (χ4v) is 1.56. The Morgan fingerprint density at radius 2 is 2.15 bits per heavy atom. The maximum absolute atomic E-state index is 11.6. The lowest BCUT2D eigenvalue weighted by Crippen LogP contribution is -2.45. The summed E-state index contributed by atoms with van der Waals surface area (Å²) in [6.45, 7) is 2.51. The average Bonchev–Trinajstić information content (AvgIpc) is 2.44. The summed E-state index contributed by atoms with van der Waals surface area (Å²) in [6.07, 6.45) is 1.68. The Morgan fingerprint density at radius 1 is 1.40 bits per heavy atom. The number of ether oxygens (including phenoxy) is 1. The first kappa shape index (κ1) is 15.7. The standard InChI is InChI=1S/C13H19N3O4/c1-10(15-13(19)20-2)12(18)14-7-5-9-16-8-4-3-6-11(16)17/h3-4,6,8,10H,5,7,9H2,1-2H3,(H,14,18)(H,15,19)/t10-/m0/s1. The molecule has 0 saturated carbocycles. The number of nitrogens with one attached hydrogen (secondary N) is 2. The molecular weight excluding hydrogens is 262 g/mol. The largest absolute Gasteiger partial charge is 0.453 e. The summed E-state index contributed by atoms with van der Waals surface area (Å²) in [4.78, 5) is 34.0. The highest BCUT2D eigenvalue weighted by Crippen LogP contribution is 1.88. The molecule has 1 rings (SSSR count). The van der Waals surface area contributed by atoms with E-state index in [0.29, 0.717) is 19.5 Å². The molecule has 1 atom stereocenters. The van der Waals surface area contributed by atoms with Gasteiger partial charge < -0.3 is 19.9 Å². The lowest BCUT2D eigenvalue weighted by molar-refractivity contribution is -0.122. The Kier molecular flexibility index (Phi) is 6.28. The van der Waals surface area contributed by atoms with Crippen LogP contribution in [0.2, 0.25) is 0 Å². The second-order valence-electron chi connectivity index (χ2n) is 4.23. The van der Waals surface area contributed by atoms with Crippen molar-refractivity contribution in [1.29, 1.82) is 0 Å². The van der Waals surface area contributed by atoms with Gasteiger partial charge in [0.2, 0.25) is 11.5 Å². The Hall–Kier alpha value is -2.31. The normalized spacial score (nSPS) is 11.5. The molecule has 0 bridgehead atoms. The molecular formula is C13H19N3O4. The van der Waals surface area contributed by atoms with Crippen LogP contribution in [0.4, 0.5) is 4.79 Å². The minimum Gasteiger partial charge on any atom is -0.453 e. The summed E-state index contributed by atoms with van der Waals surface area (Å²) < 4.78 is 5.97. The molecule has 20 heavy (non-hydrogen) atoms. The second kappa shape index (κ2) is 7.98. The number of hydrogen-bond donors (Lipinski definition) is 2. The smallest absolute Gasteiger partial charge is 0.407 e. The van der Waals surface area contributed by atoms with Crippen LogP contribution in [0.3, 0.4) is 0 Å². The van der Waals surface area contributed by atoms with Crippen molar-refractivity contribution in [3.05, 3.63) is 34.7 Å². The molecule has 2 N–H and O–H groups in total. The van der Waals surface area contributed by atoms with E-state index < -0.39 is 12.1 Å². The summed E-state index contributed by atoms with van der Waals surface area (Å²) >= 11 is 0. The van der Waals surface area contributed by atoms with Crippen molar-refractivity contribution in [2.24, 2.45) is 0 Å². The molecule has 0 aromatic carbocycles. The number of hydrogen-bond acceptors (Lipinski definition) is 4. The van der Waals surface area contributed by atoms with Gasteiger partial charge in [-0.2, -0.15) is 0 Å². The predicted molar refractivity (Wildman–Crippen MR) is 73.3 cm³/mol. The minimum atomic E-state index is -0.665.